The standard InChI is InChI=1S/C33H34N2O4S/c1-20(2)24-17-25-31(33(38)35(32(25)37)18-23-9-7-15-40-23)26-19-39-29(30(24)26)13-12-21(27-10-5-6-14-34-27)16-22-8-3-4-11-28(22)36/h3-11,14-16,20,25-26,29,31,36H,12-13,17-19H2,1-2H3/b21-16-/t25-,26+,29-,31-/m1/s1. The van der Waals surface area contributed by atoms with Crippen molar-refractivity contribution in [2.75, 3.05) is 6.61 Å². The van der Waals surface area contributed by atoms with Crippen molar-refractivity contribution >= 4 is 34.8 Å². The molecule has 2 amide bonds. The summed E-state index contributed by atoms with van der Waals surface area (Å²) in [5, 5.41) is 12.4. The number of hydrogen-bond donors (Lipinski definition) is 1. The normalized spacial score (nSPS) is 24.7. The summed E-state index contributed by atoms with van der Waals surface area (Å²) >= 11 is 1.57. The second-order valence-corrected chi connectivity index (χ2v) is 12.3. The predicted molar refractivity (Wildman–Crippen MR) is 156 cm³/mol. The number of para-hydroxylation sites is 1. The van der Waals surface area contributed by atoms with Crippen LogP contribution in [0.1, 0.15) is 49.2 Å². The van der Waals surface area contributed by atoms with E-state index in [2.05, 4.69) is 18.8 Å². The molecule has 4 atom stereocenters. The van der Waals surface area contributed by atoms with Crippen molar-refractivity contribution in [1.29, 1.82) is 0 Å². The van der Waals surface area contributed by atoms with Gasteiger partial charge in [0.15, 0.2) is 0 Å². The Labute approximate surface area is 239 Å². The van der Waals surface area contributed by atoms with Crippen LogP contribution < -0.4 is 0 Å². The van der Waals surface area contributed by atoms with E-state index in [4.69, 9.17) is 4.74 Å². The fourth-order valence-corrected chi connectivity index (χ4v) is 7.34. The molecule has 1 aromatic carbocycles. The molecule has 0 saturated carbocycles. The molecule has 6 rings (SSSR count). The highest BCUT2D eigenvalue weighted by molar-refractivity contribution is 7.09. The molecule has 2 fully saturated rings. The maximum Gasteiger partial charge on any atom is 0.234 e. The summed E-state index contributed by atoms with van der Waals surface area (Å²) in [7, 11) is 0. The van der Waals surface area contributed by atoms with E-state index in [0.717, 1.165) is 28.1 Å². The van der Waals surface area contributed by atoms with Gasteiger partial charge in [0, 0.05) is 22.6 Å². The third kappa shape index (κ3) is 4.93. The second kappa shape index (κ2) is 11.1. The Morgan fingerprint density at radius 3 is 2.65 bits per heavy atom. The van der Waals surface area contributed by atoms with E-state index in [0.29, 0.717) is 26.0 Å². The van der Waals surface area contributed by atoms with Gasteiger partial charge in [-0.25, -0.2) is 0 Å². The average molecular weight is 555 g/mol. The van der Waals surface area contributed by atoms with E-state index in [-0.39, 0.29) is 47.3 Å². The van der Waals surface area contributed by atoms with Crippen molar-refractivity contribution in [3.05, 3.63) is 93.5 Å². The molecule has 206 valence electrons. The fourth-order valence-electron chi connectivity index (χ4n) is 6.65. The van der Waals surface area contributed by atoms with Gasteiger partial charge in [0.05, 0.1) is 36.8 Å². The van der Waals surface area contributed by atoms with Gasteiger partial charge in [0.25, 0.3) is 0 Å². The van der Waals surface area contributed by atoms with E-state index in [9.17, 15) is 14.7 Å². The lowest BCUT2D eigenvalue weighted by atomic mass is 9.67. The van der Waals surface area contributed by atoms with Crippen LogP contribution in [0.15, 0.2) is 77.3 Å². The lowest BCUT2D eigenvalue weighted by molar-refractivity contribution is -0.140. The first-order valence-corrected chi connectivity index (χ1v) is 14.9. The first-order valence-electron chi connectivity index (χ1n) is 14.0. The van der Waals surface area contributed by atoms with Crippen molar-refractivity contribution in [1.82, 2.24) is 9.88 Å². The number of carbonyl (C=O) groups excluding carboxylic acids is 2. The maximum absolute atomic E-state index is 13.7. The lowest BCUT2D eigenvalue weighted by Crippen LogP contribution is -2.35. The second-order valence-electron chi connectivity index (χ2n) is 11.2. The number of rotatable bonds is 8. The van der Waals surface area contributed by atoms with Gasteiger partial charge < -0.3 is 9.84 Å². The molecule has 3 aliphatic rings. The molecule has 4 heterocycles. The number of benzene rings is 1. The number of thiophene rings is 1. The number of nitrogens with zero attached hydrogens (tertiary/aromatic N) is 2. The molecule has 0 bridgehead atoms. The maximum atomic E-state index is 13.7. The number of pyridine rings is 1. The Morgan fingerprint density at radius 1 is 1.10 bits per heavy atom. The van der Waals surface area contributed by atoms with E-state index in [1.54, 1.807) is 23.6 Å². The largest absolute Gasteiger partial charge is 0.507 e. The third-order valence-corrected chi connectivity index (χ3v) is 9.42. The number of likely N-dealkylation sites (tertiary alicyclic amines) is 1. The Balaban J connectivity index is 1.27. The number of aromatic hydroxyl groups is 1. The molecular weight excluding hydrogens is 520 g/mol. The average Bonchev–Trinajstić information content (AvgIpc) is 3.68. The van der Waals surface area contributed by atoms with E-state index in [1.165, 1.54) is 16.0 Å². The quantitative estimate of drug-likeness (QED) is 0.260. The summed E-state index contributed by atoms with van der Waals surface area (Å²) in [5.74, 6) is -0.296. The van der Waals surface area contributed by atoms with Crippen LogP contribution in [-0.2, 0) is 20.9 Å². The summed E-state index contributed by atoms with van der Waals surface area (Å²) in [6.07, 6.45) is 5.72. The summed E-state index contributed by atoms with van der Waals surface area (Å²) in [6.45, 7) is 5.18. The van der Waals surface area contributed by atoms with Gasteiger partial charge in [0.2, 0.25) is 11.8 Å². The number of ether oxygens (including phenoxy) is 1. The number of carbonyl (C=O) groups is 2. The smallest absolute Gasteiger partial charge is 0.234 e. The SMILES string of the molecule is CC(C)C1=C2[C@@H](CC/C(=C/c3ccccc3O)c3ccccn3)OC[C@@H]2[C@@H]2C(=O)N(Cc3cccs3)C(=O)[C@@H]2C1. The van der Waals surface area contributed by atoms with E-state index < -0.39 is 0 Å². The number of hydrogen-bond acceptors (Lipinski definition) is 6. The number of aromatic nitrogens is 1. The number of allylic oxidation sites excluding steroid dienone is 2. The van der Waals surface area contributed by atoms with Crippen molar-refractivity contribution in [3.63, 3.8) is 0 Å². The Bertz CT molecular complexity index is 1460. The van der Waals surface area contributed by atoms with Crippen LogP contribution in [0.4, 0.5) is 0 Å². The highest BCUT2D eigenvalue weighted by Gasteiger charge is 2.57. The first kappa shape index (κ1) is 26.7. The van der Waals surface area contributed by atoms with Gasteiger partial charge in [-0.3, -0.25) is 19.5 Å². The highest BCUT2D eigenvalue weighted by Crippen LogP contribution is 2.51. The number of phenols is 1. The molecule has 1 N–H and O–H groups in total. The molecular formula is C33H34N2O4S. The van der Waals surface area contributed by atoms with Crippen LogP contribution >= 0.6 is 11.3 Å². The van der Waals surface area contributed by atoms with Crippen LogP contribution in [0.3, 0.4) is 0 Å². The van der Waals surface area contributed by atoms with Crippen molar-refractivity contribution in [2.24, 2.45) is 23.7 Å². The van der Waals surface area contributed by atoms with Crippen LogP contribution in [0.2, 0.25) is 0 Å². The van der Waals surface area contributed by atoms with E-state index >= 15 is 0 Å². The molecule has 6 nitrogen and oxygen atoms in total. The van der Waals surface area contributed by atoms with Crippen LogP contribution in [0, 0.1) is 23.7 Å². The first-order chi connectivity index (χ1) is 19.4. The highest BCUT2D eigenvalue weighted by atomic mass is 32.1. The zero-order valence-electron chi connectivity index (χ0n) is 22.8. The van der Waals surface area contributed by atoms with Gasteiger partial charge >= 0.3 is 0 Å². The van der Waals surface area contributed by atoms with Gasteiger partial charge in [-0.2, -0.15) is 0 Å². The van der Waals surface area contributed by atoms with Crippen molar-refractivity contribution in [3.8, 4) is 5.75 Å². The van der Waals surface area contributed by atoms with Crippen molar-refractivity contribution < 1.29 is 19.4 Å². The number of fused-ring (bicyclic) bond motifs is 3. The van der Waals surface area contributed by atoms with Gasteiger partial charge in [-0.15, -0.1) is 11.3 Å². The summed E-state index contributed by atoms with van der Waals surface area (Å²) < 4.78 is 6.44. The Hall–Kier alpha value is -3.55. The molecule has 7 heteroatoms. The number of phenolic OH excluding ortho intramolecular Hbond substituents is 1. The monoisotopic (exact) mass is 554 g/mol. The molecule has 0 spiro atoms. The molecule has 0 unspecified atom stereocenters. The molecule has 2 saturated heterocycles. The molecule has 3 aromatic rings. The zero-order valence-corrected chi connectivity index (χ0v) is 23.6. The minimum absolute atomic E-state index is 0.0351. The minimum atomic E-state index is -0.345. The lowest BCUT2D eigenvalue weighted by Gasteiger charge is -2.33. The summed E-state index contributed by atoms with van der Waals surface area (Å²) in [5.41, 5.74) is 5.14. The Morgan fingerprint density at radius 2 is 1.93 bits per heavy atom. The summed E-state index contributed by atoms with van der Waals surface area (Å²) in [4.78, 5) is 34.3. The fraction of sp³-hybridized carbons (Fsp3) is 0.364. The number of amides is 2. The molecule has 1 aliphatic carbocycles. The van der Waals surface area contributed by atoms with Crippen molar-refractivity contribution in [2.45, 2.75) is 45.8 Å². The van der Waals surface area contributed by atoms with E-state index in [1.807, 2.05) is 60.0 Å². The zero-order chi connectivity index (χ0) is 27.8. The molecule has 2 aromatic heterocycles. The predicted octanol–water partition coefficient (Wildman–Crippen LogP) is 6.34. The third-order valence-electron chi connectivity index (χ3n) is 8.56. The minimum Gasteiger partial charge on any atom is -0.507 e. The van der Waals surface area contributed by atoms with Gasteiger partial charge in [-0.05, 0) is 72.0 Å². The van der Waals surface area contributed by atoms with Gasteiger partial charge in [0.1, 0.15) is 5.75 Å². The molecule has 40 heavy (non-hydrogen) atoms. The molecule has 0 radical (unpaired) electrons. The van der Waals surface area contributed by atoms with Crippen LogP contribution in [-0.4, -0.2) is 39.5 Å². The number of imide groups is 1. The van der Waals surface area contributed by atoms with Crippen LogP contribution in [0.5, 0.6) is 5.75 Å². The summed E-state index contributed by atoms with van der Waals surface area (Å²) in [6, 6.07) is 17.1. The molecule has 2 aliphatic heterocycles. The topological polar surface area (TPSA) is 79.7 Å². The van der Waals surface area contributed by atoms with Gasteiger partial charge in [-0.1, -0.05) is 49.8 Å². The Kier molecular flexibility index (Phi) is 7.43. The van der Waals surface area contributed by atoms with Crippen LogP contribution in [0.25, 0.3) is 11.6 Å².